The van der Waals surface area contributed by atoms with Crippen molar-refractivity contribution in [2.45, 2.75) is 0 Å². The average molecular weight is 247 g/mol. The molecule has 2 aromatic carbocycles. The number of nitrogens with zero attached hydrogens (tertiary/aromatic N) is 1. The zero-order valence-corrected chi connectivity index (χ0v) is 10.3. The predicted molar refractivity (Wildman–Crippen MR) is 78.8 cm³/mol. The fourth-order valence-electron chi connectivity index (χ4n) is 1.98. The number of para-hydroxylation sites is 1. The number of rotatable bonds is 2. The molecule has 0 bridgehead atoms. The quantitative estimate of drug-likeness (QED) is 0.739. The Morgan fingerprint density at radius 2 is 1.58 bits per heavy atom. The lowest BCUT2D eigenvalue weighted by Gasteiger charge is -2.02. The summed E-state index contributed by atoms with van der Waals surface area (Å²) in [4.78, 5) is 4.45. The Kier molecular flexibility index (Phi) is 2.99. The molecule has 0 aliphatic carbocycles. The SMILES string of the molecule is Oc1cc2ccccc2nc1C=Cc1ccccc1. The number of hydrogen-bond acceptors (Lipinski definition) is 2. The Morgan fingerprint density at radius 3 is 2.42 bits per heavy atom. The first kappa shape index (κ1) is 11.5. The van der Waals surface area contributed by atoms with Crippen LogP contribution in [0.4, 0.5) is 0 Å². The third-order valence-corrected chi connectivity index (χ3v) is 2.97. The molecule has 0 spiro atoms. The molecule has 0 unspecified atom stereocenters. The maximum atomic E-state index is 9.97. The Labute approximate surface area is 111 Å². The van der Waals surface area contributed by atoms with Gasteiger partial charge in [-0.1, -0.05) is 54.6 Å². The highest BCUT2D eigenvalue weighted by Gasteiger charge is 2.02. The van der Waals surface area contributed by atoms with Crippen molar-refractivity contribution >= 4 is 23.1 Å². The van der Waals surface area contributed by atoms with E-state index in [1.807, 2.05) is 66.7 Å². The first-order chi connectivity index (χ1) is 9.33. The maximum Gasteiger partial charge on any atom is 0.141 e. The van der Waals surface area contributed by atoms with Crippen LogP contribution in [0.2, 0.25) is 0 Å². The summed E-state index contributed by atoms with van der Waals surface area (Å²) >= 11 is 0. The summed E-state index contributed by atoms with van der Waals surface area (Å²) in [5.74, 6) is 0.200. The molecule has 0 atom stereocenters. The molecule has 0 aliphatic heterocycles. The van der Waals surface area contributed by atoms with Crippen LogP contribution in [0.25, 0.3) is 23.1 Å². The molecule has 0 saturated carbocycles. The molecular formula is C17H13NO. The van der Waals surface area contributed by atoms with Crippen molar-refractivity contribution in [1.29, 1.82) is 0 Å². The molecular weight excluding hydrogens is 234 g/mol. The minimum Gasteiger partial charge on any atom is -0.506 e. The first-order valence-corrected chi connectivity index (χ1v) is 6.15. The number of benzene rings is 2. The Bertz CT molecular complexity index is 733. The highest BCUT2D eigenvalue weighted by molar-refractivity contribution is 5.83. The number of aromatic nitrogens is 1. The van der Waals surface area contributed by atoms with E-state index in [1.165, 1.54) is 0 Å². The van der Waals surface area contributed by atoms with Crippen LogP contribution >= 0.6 is 0 Å². The monoisotopic (exact) mass is 247 g/mol. The van der Waals surface area contributed by atoms with Crippen molar-refractivity contribution in [3.05, 3.63) is 71.9 Å². The van der Waals surface area contributed by atoms with Crippen LogP contribution in [0.5, 0.6) is 5.75 Å². The molecule has 19 heavy (non-hydrogen) atoms. The number of aromatic hydroxyl groups is 1. The zero-order valence-electron chi connectivity index (χ0n) is 10.3. The van der Waals surface area contributed by atoms with Gasteiger partial charge in [-0.05, 0) is 23.8 Å². The highest BCUT2D eigenvalue weighted by atomic mass is 16.3. The molecule has 1 aromatic heterocycles. The van der Waals surface area contributed by atoms with E-state index >= 15 is 0 Å². The van der Waals surface area contributed by atoms with Crippen LogP contribution in [-0.2, 0) is 0 Å². The Hall–Kier alpha value is -2.61. The normalized spacial score (nSPS) is 11.2. The van der Waals surface area contributed by atoms with Crippen molar-refractivity contribution < 1.29 is 5.11 Å². The molecule has 0 radical (unpaired) electrons. The van der Waals surface area contributed by atoms with E-state index in [0.29, 0.717) is 5.69 Å². The molecule has 0 saturated heterocycles. The second-order valence-corrected chi connectivity index (χ2v) is 4.33. The van der Waals surface area contributed by atoms with Crippen LogP contribution in [0.15, 0.2) is 60.7 Å². The van der Waals surface area contributed by atoms with Crippen LogP contribution in [0.3, 0.4) is 0 Å². The standard InChI is InChI=1S/C17H13NO/c19-17-12-14-8-4-5-9-15(14)18-16(17)11-10-13-6-2-1-3-7-13/h1-12,19H. The number of pyridine rings is 1. The van der Waals surface area contributed by atoms with Gasteiger partial charge in [-0.2, -0.15) is 0 Å². The lowest BCUT2D eigenvalue weighted by molar-refractivity contribution is 0.472. The van der Waals surface area contributed by atoms with Gasteiger partial charge in [-0.3, -0.25) is 0 Å². The van der Waals surface area contributed by atoms with Crippen molar-refractivity contribution in [1.82, 2.24) is 4.98 Å². The Balaban J connectivity index is 2.01. The molecule has 1 N–H and O–H groups in total. The smallest absolute Gasteiger partial charge is 0.141 e. The third kappa shape index (κ3) is 2.47. The van der Waals surface area contributed by atoms with Gasteiger partial charge in [0.05, 0.1) is 5.52 Å². The van der Waals surface area contributed by atoms with E-state index in [0.717, 1.165) is 16.5 Å². The Morgan fingerprint density at radius 1 is 0.842 bits per heavy atom. The molecule has 0 fully saturated rings. The van der Waals surface area contributed by atoms with Crippen molar-refractivity contribution in [3.8, 4) is 5.75 Å². The van der Waals surface area contributed by atoms with Crippen LogP contribution < -0.4 is 0 Å². The molecule has 3 rings (SSSR count). The van der Waals surface area contributed by atoms with Gasteiger partial charge in [0.15, 0.2) is 0 Å². The summed E-state index contributed by atoms with van der Waals surface area (Å²) < 4.78 is 0. The van der Waals surface area contributed by atoms with Crippen molar-refractivity contribution in [3.63, 3.8) is 0 Å². The molecule has 3 aromatic rings. The molecule has 2 nitrogen and oxygen atoms in total. The van der Waals surface area contributed by atoms with Crippen LogP contribution in [0.1, 0.15) is 11.3 Å². The zero-order chi connectivity index (χ0) is 13.1. The number of fused-ring (bicyclic) bond motifs is 1. The summed E-state index contributed by atoms with van der Waals surface area (Å²) in [6.45, 7) is 0. The van der Waals surface area contributed by atoms with Gasteiger partial charge in [0.25, 0.3) is 0 Å². The van der Waals surface area contributed by atoms with E-state index in [2.05, 4.69) is 4.98 Å². The van der Waals surface area contributed by atoms with Gasteiger partial charge in [-0.15, -0.1) is 0 Å². The van der Waals surface area contributed by atoms with E-state index in [1.54, 1.807) is 6.07 Å². The lowest BCUT2D eigenvalue weighted by atomic mass is 10.1. The minimum atomic E-state index is 0.200. The van der Waals surface area contributed by atoms with Gasteiger partial charge < -0.3 is 5.11 Å². The first-order valence-electron chi connectivity index (χ1n) is 6.15. The lowest BCUT2D eigenvalue weighted by Crippen LogP contribution is -1.84. The fraction of sp³-hybridized carbons (Fsp3) is 0. The van der Waals surface area contributed by atoms with Crippen molar-refractivity contribution in [2.24, 2.45) is 0 Å². The summed E-state index contributed by atoms with van der Waals surface area (Å²) in [6, 6.07) is 19.4. The topological polar surface area (TPSA) is 33.1 Å². The molecule has 1 heterocycles. The summed E-state index contributed by atoms with van der Waals surface area (Å²) in [7, 11) is 0. The van der Waals surface area contributed by atoms with Gasteiger partial charge >= 0.3 is 0 Å². The molecule has 0 amide bonds. The predicted octanol–water partition coefficient (Wildman–Crippen LogP) is 4.11. The van der Waals surface area contributed by atoms with E-state index in [-0.39, 0.29) is 5.75 Å². The summed E-state index contributed by atoms with van der Waals surface area (Å²) in [6.07, 6.45) is 3.77. The van der Waals surface area contributed by atoms with Crippen LogP contribution in [0, 0.1) is 0 Å². The summed E-state index contributed by atoms with van der Waals surface area (Å²) in [5, 5.41) is 10.9. The van der Waals surface area contributed by atoms with Gasteiger partial charge in [-0.25, -0.2) is 4.98 Å². The average Bonchev–Trinajstić information content (AvgIpc) is 2.46. The second-order valence-electron chi connectivity index (χ2n) is 4.33. The third-order valence-electron chi connectivity index (χ3n) is 2.97. The van der Waals surface area contributed by atoms with Gasteiger partial charge in [0.1, 0.15) is 11.4 Å². The molecule has 92 valence electrons. The minimum absolute atomic E-state index is 0.200. The van der Waals surface area contributed by atoms with Crippen LogP contribution in [-0.4, -0.2) is 10.1 Å². The molecule has 2 heteroatoms. The second kappa shape index (κ2) is 4.94. The summed E-state index contributed by atoms with van der Waals surface area (Å²) in [5.41, 5.74) is 2.55. The van der Waals surface area contributed by atoms with E-state index < -0.39 is 0 Å². The highest BCUT2D eigenvalue weighted by Crippen LogP contribution is 2.23. The fourth-order valence-corrected chi connectivity index (χ4v) is 1.98. The van der Waals surface area contributed by atoms with E-state index in [9.17, 15) is 5.11 Å². The largest absolute Gasteiger partial charge is 0.506 e. The maximum absolute atomic E-state index is 9.97. The van der Waals surface area contributed by atoms with Gasteiger partial charge in [0, 0.05) is 5.39 Å². The van der Waals surface area contributed by atoms with Gasteiger partial charge in [0.2, 0.25) is 0 Å². The van der Waals surface area contributed by atoms with Crippen molar-refractivity contribution in [2.75, 3.05) is 0 Å². The molecule has 0 aliphatic rings. The number of hydrogen-bond donors (Lipinski definition) is 1. The van der Waals surface area contributed by atoms with E-state index in [4.69, 9.17) is 0 Å².